The van der Waals surface area contributed by atoms with Crippen LogP contribution in [-0.4, -0.2) is 48.6 Å². The molecule has 2 fully saturated rings. The van der Waals surface area contributed by atoms with Gasteiger partial charge in [0.25, 0.3) is 0 Å². The molecule has 3 nitrogen and oxygen atoms in total. The van der Waals surface area contributed by atoms with Gasteiger partial charge in [-0.05, 0) is 86.1 Å². The molecule has 0 unspecified atom stereocenters. The normalized spacial score (nSPS) is 28.9. The molecular weight excluding hydrogens is 354 g/mol. The second-order valence-corrected chi connectivity index (χ2v) is 10.4. The van der Waals surface area contributed by atoms with Crippen LogP contribution in [0.3, 0.4) is 0 Å². The van der Waals surface area contributed by atoms with Crippen LogP contribution in [0, 0.1) is 5.41 Å². The number of nitrogen functional groups attached to an aromatic ring is 1. The average Bonchev–Trinajstić information content (AvgIpc) is 2.75. The van der Waals surface area contributed by atoms with Crippen molar-refractivity contribution in [1.82, 2.24) is 9.80 Å². The van der Waals surface area contributed by atoms with E-state index in [1.807, 2.05) is 0 Å². The summed E-state index contributed by atoms with van der Waals surface area (Å²) in [5.74, 6) is 0.711. The zero-order valence-corrected chi connectivity index (χ0v) is 18.9. The second kappa shape index (κ2) is 8.81. The summed E-state index contributed by atoms with van der Waals surface area (Å²) in [6, 6.07) is 7.71. The molecule has 3 heteroatoms. The largest absolute Gasteiger partial charge is 0.398 e. The van der Waals surface area contributed by atoms with E-state index in [1.54, 1.807) is 0 Å². The van der Waals surface area contributed by atoms with Gasteiger partial charge in [0.05, 0.1) is 0 Å². The van der Waals surface area contributed by atoms with E-state index >= 15 is 0 Å². The SMILES string of the molecule is CCN1CCN(C2CCC(c3ccc(N)c(C4=CCC(C)(C)CC4)c3)CC2)CC1. The van der Waals surface area contributed by atoms with Crippen molar-refractivity contribution in [2.24, 2.45) is 5.41 Å². The molecule has 1 saturated carbocycles. The summed E-state index contributed by atoms with van der Waals surface area (Å²) in [6.07, 6.45) is 11.4. The Bertz CT molecular complexity index is 719. The molecule has 0 atom stereocenters. The third kappa shape index (κ3) is 4.88. The quantitative estimate of drug-likeness (QED) is 0.681. The molecule has 1 saturated heterocycles. The summed E-state index contributed by atoms with van der Waals surface area (Å²) in [7, 11) is 0. The van der Waals surface area contributed by atoms with Gasteiger partial charge in [-0.2, -0.15) is 0 Å². The van der Waals surface area contributed by atoms with Gasteiger partial charge < -0.3 is 10.6 Å². The van der Waals surface area contributed by atoms with Crippen molar-refractivity contribution >= 4 is 11.3 Å². The Kier molecular flexibility index (Phi) is 6.36. The number of nitrogens with zero attached hydrogens (tertiary/aromatic N) is 2. The second-order valence-electron chi connectivity index (χ2n) is 10.4. The van der Waals surface area contributed by atoms with Crippen LogP contribution in [0.25, 0.3) is 5.57 Å². The van der Waals surface area contributed by atoms with Gasteiger partial charge >= 0.3 is 0 Å². The lowest BCUT2D eigenvalue weighted by Gasteiger charge is -2.42. The Morgan fingerprint density at radius 1 is 1.03 bits per heavy atom. The smallest absolute Gasteiger partial charge is 0.0390 e. The standard InChI is InChI=1S/C26H41N3/c1-4-28-15-17-29(18-16-28)23-8-5-20(6-9-23)22-7-10-25(27)24(19-22)21-11-13-26(2,3)14-12-21/h7,10-11,19-20,23H,4-6,8-9,12-18,27H2,1-3H3. The molecule has 0 amide bonds. The molecule has 4 rings (SSSR count). The molecule has 1 heterocycles. The van der Waals surface area contributed by atoms with Gasteiger partial charge in [-0.3, -0.25) is 4.90 Å². The fourth-order valence-electron chi connectivity index (χ4n) is 5.65. The van der Waals surface area contributed by atoms with Crippen LogP contribution in [0.2, 0.25) is 0 Å². The number of rotatable bonds is 4. The molecule has 0 spiro atoms. The van der Waals surface area contributed by atoms with Crippen molar-refractivity contribution in [2.45, 2.75) is 77.7 Å². The first-order valence-corrected chi connectivity index (χ1v) is 12.0. The van der Waals surface area contributed by atoms with Crippen molar-refractivity contribution in [3.8, 4) is 0 Å². The molecule has 2 N–H and O–H groups in total. The molecule has 160 valence electrons. The van der Waals surface area contributed by atoms with Gasteiger partial charge in [-0.25, -0.2) is 0 Å². The number of hydrogen-bond donors (Lipinski definition) is 1. The molecule has 2 aliphatic carbocycles. The number of anilines is 1. The van der Waals surface area contributed by atoms with Crippen LogP contribution in [0.1, 0.15) is 82.8 Å². The monoisotopic (exact) mass is 395 g/mol. The lowest BCUT2D eigenvalue weighted by Crippen LogP contribution is -2.50. The maximum absolute atomic E-state index is 6.41. The molecule has 1 aromatic rings. The first kappa shape index (κ1) is 20.9. The van der Waals surface area contributed by atoms with Gasteiger partial charge in [-0.1, -0.05) is 32.9 Å². The molecule has 1 aromatic carbocycles. The molecule has 0 bridgehead atoms. The number of allylic oxidation sites excluding steroid dienone is 2. The van der Waals surface area contributed by atoms with E-state index in [0.717, 1.165) is 18.2 Å². The van der Waals surface area contributed by atoms with E-state index in [1.165, 1.54) is 87.9 Å². The highest BCUT2D eigenvalue weighted by molar-refractivity contribution is 5.76. The lowest BCUT2D eigenvalue weighted by atomic mass is 9.76. The number of piperazine rings is 1. The summed E-state index contributed by atoms with van der Waals surface area (Å²) < 4.78 is 0. The Morgan fingerprint density at radius 3 is 2.38 bits per heavy atom. The third-order valence-corrected chi connectivity index (χ3v) is 7.93. The topological polar surface area (TPSA) is 32.5 Å². The summed E-state index contributed by atoms with van der Waals surface area (Å²) in [5, 5.41) is 0. The number of likely N-dealkylation sites (N-methyl/N-ethyl adjacent to an activating group) is 1. The van der Waals surface area contributed by atoms with Crippen LogP contribution >= 0.6 is 0 Å². The van der Waals surface area contributed by atoms with E-state index in [0.29, 0.717) is 11.3 Å². The number of benzene rings is 1. The van der Waals surface area contributed by atoms with E-state index in [9.17, 15) is 0 Å². The number of hydrogen-bond acceptors (Lipinski definition) is 3. The molecule has 1 aliphatic heterocycles. The Labute approximate surface area is 178 Å². The molecule has 0 aromatic heterocycles. The van der Waals surface area contributed by atoms with E-state index in [2.05, 4.69) is 54.8 Å². The fraction of sp³-hybridized carbons (Fsp3) is 0.692. The minimum atomic E-state index is 0.441. The predicted molar refractivity (Wildman–Crippen MR) is 125 cm³/mol. The van der Waals surface area contributed by atoms with Gasteiger partial charge in [-0.15, -0.1) is 0 Å². The van der Waals surface area contributed by atoms with Crippen LogP contribution in [-0.2, 0) is 0 Å². The summed E-state index contributed by atoms with van der Waals surface area (Å²) in [6.45, 7) is 13.3. The zero-order chi connectivity index (χ0) is 20.4. The lowest BCUT2D eigenvalue weighted by molar-refractivity contribution is 0.0787. The molecular formula is C26H41N3. The van der Waals surface area contributed by atoms with Gasteiger partial charge in [0, 0.05) is 43.5 Å². The van der Waals surface area contributed by atoms with Crippen LogP contribution < -0.4 is 5.73 Å². The molecule has 0 radical (unpaired) electrons. The van der Waals surface area contributed by atoms with E-state index in [4.69, 9.17) is 5.73 Å². The van der Waals surface area contributed by atoms with Gasteiger partial charge in [0.15, 0.2) is 0 Å². The van der Waals surface area contributed by atoms with E-state index in [-0.39, 0.29) is 0 Å². The minimum absolute atomic E-state index is 0.441. The maximum atomic E-state index is 6.41. The van der Waals surface area contributed by atoms with Crippen LogP contribution in [0.5, 0.6) is 0 Å². The summed E-state index contributed by atoms with van der Waals surface area (Å²) in [4.78, 5) is 5.35. The number of nitrogens with two attached hydrogens (primary N) is 1. The minimum Gasteiger partial charge on any atom is -0.398 e. The third-order valence-electron chi connectivity index (χ3n) is 7.93. The van der Waals surface area contributed by atoms with Crippen molar-refractivity contribution < 1.29 is 0 Å². The van der Waals surface area contributed by atoms with Gasteiger partial charge in [0.2, 0.25) is 0 Å². The maximum Gasteiger partial charge on any atom is 0.0390 e. The Morgan fingerprint density at radius 2 is 1.76 bits per heavy atom. The van der Waals surface area contributed by atoms with Gasteiger partial charge in [0.1, 0.15) is 0 Å². The van der Waals surface area contributed by atoms with Crippen LogP contribution in [0.4, 0.5) is 5.69 Å². The highest BCUT2D eigenvalue weighted by Crippen LogP contribution is 2.41. The molecule has 29 heavy (non-hydrogen) atoms. The Balaban J connectivity index is 1.38. The highest BCUT2D eigenvalue weighted by Gasteiger charge is 2.29. The molecule has 3 aliphatic rings. The predicted octanol–water partition coefficient (Wildman–Crippen LogP) is 5.53. The fourth-order valence-corrected chi connectivity index (χ4v) is 5.65. The highest BCUT2D eigenvalue weighted by atomic mass is 15.3. The van der Waals surface area contributed by atoms with Crippen LogP contribution in [0.15, 0.2) is 24.3 Å². The average molecular weight is 396 g/mol. The van der Waals surface area contributed by atoms with Crippen molar-refractivity contribution in [1.29, 1.82) is 0 Å². The Hall–Kier alpha value is -1.32. The van der Waals surface area contributed by atoms with Crippen molar-refractivity contribution in [2.75, 3.05) is 38.5 Å². The first-order chi connectivity index (χ1) is 13.9. The zero-order valence-electron chi connectivity index (χ0n) is 18.9. The van der Waals surface area contributed by atoms with Crippen molar-refractivity contribution in [3.63, 3.8) is 0 Å². The summed E-state index contributed by atoms with van der Waals surface area (Å²) in [5.41, 5.74) is 12.1. The van der Waals surface area contributed by atoms with Crippen molar-refractivity contribution in [3.05, 3.63) is 35.4 Å². The van der Waals surface area contributed by atoms with E-state index < -0.39 is 0 Å². The first-order valence-electron chi connectivity index (χ1n) is 12.0. The summed E-state index contributed by atoms with van der Waals surface area (Å²) >= 11 is 0.